The van der Waals surface area contributed by atoms with E-state index in [9.17, 15) is 19.8 Å². The quantitative estimate of drug-likeness (QED) is 0.518. The molecule has 2 heterocycles. The van der Waals surface area contributed by atoms with Crippen molar-refractivity contribution in [2.75, 3.05) is 19.7 Å². The normalized spacial score (nSPS) is 24.4. The number of nitrogens with zero attached hydrogens (tertiary/aromatic N) is 2. The molecule has 1 aromatic carbocycles. The molecule has 4 N–H and O–H groups in total. The Bertz CT molecular complexity index is 789. The van der Waals surface area contributed by atoms with Crippen LogP contribution >= 0.6 is 0 Å². The van der Waals surface area contributed by atoms with Crippen molar-refractivity contribution in [1.82, 2.24) is 20.6 Å². The Morgan fingerprint density at radius 3 is 2.67 bits per heavy atom. The number of carbonyl (C=O) groups is 2. The summed E-state index contributed by atoms with van der Waals surface area (Å²) in [4.78, 5) is 31.6. The Kier molecular flexibility index (Phi) is 5.75. The first kappa shape index (κ1) is 18.9. The molecule has 1 aliphatic heterocycles. The SMILES string of the molecule is O=C(NC[C@]1(O)CO[C@H](CNC(=O)c2ccncn2)[C@H]1O)c1ccccc1. The van der Waals surface area contributed by atoms with Crippen LogP contribution in [-0.2, 0) is 4.74 Å². The number of hydrogen-bond acceptors (Lipinski definition) is 7. The number of hydrogen-bond donors (Lipinski definition) is 4. The van der Waals surface area contributed by atoms with Gasteiger partial charge >= 0.3 is 0 Å². The zero-order chi connectivity index (χ0) is 19.3. The molecule has 3 atom stereocenters. The molecule has 9 nitrogen and oxygen atoms in total. The minimum Gasteiger partial charge on any atom is -0.387 e. The van der Waals surface area contributed by atoms with Crippen LogP contribution in [0.2, 0.25) is 0 Å². The number of nitrogens with one attached hydrogen (secondary N) is 2. The molecule has 1 fully saturated rings. The molecule has 1 aliphatic rings. The fourth-order valence-corrected chi connectivity index (χ4v) is 2.73. The van der Waals surface area contributed by atoms with Crippen molar-refractivity contribution in [1.29, 1.82) is 0 Å². The monoisotopic (exact) mass is 372 g/mol. The zero-order valence-electron chi connectivity index (χ0n) is 14.4. The summed E-state index contributed by atoms with van der Waals surface area (Å²) >= 11 is 0. The maximum atomic E-state index is 12.1. The summed E-state index contributed by atoms with van der Waals surface area (Å²) in [5.41, 5.74) is -1.01. The second-order valence-electron chi connectivity index (χ2n) is 6.25. The van der Waals surface area contributed by atoms with Gasteiger partial charge in [-0.1, -0.05) is 18.2 Å². The topological polar surface area (TPSA) is 134 Å². The minimum absolute atomic E-state index is 0.0149. The van der Waals surface area contributed by atoms with Gasteiger partial charge in [0.15, 0.2) is 0 Å². The van der Waals surface area contributed by atoms with Crippen molar-refractivity contribution in [3.8, 4) is 0 Å². The Hall–Kier alpha value is -2.88. The molecule has 0 unspecified atom stereocenters. The van der Waals surface area contributed by atoms with Gasteiger partial charge in [-0.25, -0.2) is 9.97 Å². The highest BCUT2D eigenvalue weighted by molar-refractivity contribution is 5.94. The molecule has 9 heteroatoms. The van der Waals surface area contributed by atoms with Gasteiger partial charge in [0.2, 0.25) is 0 Å². The highest BCUT2D eigenvalue weighted by Gasteiger charge is 2.48. The van der Waals surface area contributed by atoms with Crippen molar-refractivity contribution < 1.29 is 24.5 Å². The average Bonchev–Trinajstić information content (AvgIpc) is 3.00. The van der Waals surface area contributed by atoms with Gasteiger partial charge in [0, 0.05) is 18.3 Å². The largest absolute Gasteiger partial charge is 0.387 e. The van der Waals surface area contributed by atoms with Crippen LogP contribution in [0, 0.1) is 0 Å². The number of aliphatic hydroxyl groups is 2. The molecule has 0 bridgehead atoms. The predicted molar refractivity (Wildman–Crippen MR) is 93.8 cm³/mol. The molecule has 1 saturated heterocycles. The van der Waals surface area contributed by atoms with Gasteiger partial charge in [0.1, 0.15) is 29.8 Å². The van der Waals surface area contributed by atoms with E-state index >= 15 is 0 Å². The van der Waals surface area contributed by atoms with Crippen LogP contribution in [-0.4, -0.2) is 69.5 Å². The Morgan fingerprint density at radius 2 is 1.96 bits per heavy atom. The van der Waals surface area contributed by atoms with Crippen LogP contribution in [0.15, 0.2) is 48.9 Å². The lowest BCUT2D eigenvalue weighted by molar-refractivity contribution is -0.0464. The van der Waals surface area contributed by atoms with E-state index in [1.807, 2.05) is 0 Å². The molecule has 0 radical (unpaired) electrons. The van der Waals surface area contributed by atoms with Crippen LogP contribution in [0.5, 0.6) is 0 Å². The van der Waals surface area contributed by atoms with E-state index in [0.29, 0.717) is 5.56 Å². The molecule has 0 saturated carbocycles. The van der Waals surface area contributed by atoms with Gasteiger partial charge in [-0.3, -0.25) is 9.59 Å². The molecule has 2 amide bonds. The molecule has 0 aliphatic carbocycles. The van der Waals surface area contributed by atoms with Crippen LogP contribution in [0.1, 0.15) is 20.8 Å². The molecular formula is C18H20N4O5. The van der Waals surface area contributed by atoms with Crippen LogP contribution in [0.4, 0.5) is 0 Å². The average molecular weight is 372 g/mol. The first-order chi connectivity index (χ1) is 13.0. The molecule has 0 spiro atoms. The lowest BCUT2D eigenvalue weighted by Crippen LogP contribution is -2.53. The lowest BCUT2D eigenvalue weighted by Gasteiger charge is -2.26. The highest BCUT2D eigenvalue weighted by Crippen LogP contribution is 2.24. The van der Waals surface area contributed by atoms with E-state index in [-0.39, 0.29) is 31.3 Å². The number of aliphatic hydroxyl groups excluding tert-OH is 1. The number of ether oxygens (including phenoxy) is 1. The van der Waals surface area contributed by atoms with Gasteiger partial charge in [-0.05, 0) is 18.2 Å². The summed E-state index contributed by atoms with van der Waals surface area (Å²) in [6, 6.07) is 10.00. The van der Waals surface area contributed by atoms with E-state index in [0.717, 1.165) is 0 Å². The number of benzene rings is 1. The van der Waals surface area contributed by atoms with Gasteiger partial charge in [0.05, 0.1) is 13.2 Å². The number of rotatable bonds is 6. The summed E-state index contributed by atoms with van der Waals surface area (Å²) in [6.45, 7) is -0.367. The van der Waals surface area contributed by atoms with Crippen LogP contribution in [0.25, 0.3) is 0 Å². The zero-order valence-corrected chi connectivity index (χ0v) is 14.4. The first-order valence-corrected chi connectivity index (χ1v) is 8.39. The van der Waals surface area contributed by atoms with E-state index in [2.05, 4.69) is 20.6 Å². The number of aromatic nitrogens is 2. The maximum absolute atomic E-state index is 12.1. The molecule has 1 aromatic heterocycles. The Balaban J connectivity index is 1.51. The predicted octanol–water partition coefficient (Wildman–Crippen LogP) is -0.873. The van der Waals surface area contributed by atoms with Crippen molar-refractivity contribution in [3.63, 3.8) is 0 Å². The fourth-order valence-electron chi connectivity index (χ4n) is 2.73. The minimum atomic E-state index is -1.64. The number of carbonyl (C=O) groups excluding carboxylic acids is 2. The van der Waals surface area contributed by atoms with E-state index in [1.54, 1.807) is 30.3 Å². The molecule has 2 aromatic rings. The summed E-state index contributed by atoms with van der Waals surface area (Å²) in [7, 11) is 0. The van der Waals surface area contributed by atoms with Crippen molar-refractivity contribution >= 4 is 11.8 Å². The molecule has 142 valence electrons. The third kappa shape index (κ3) is 4.45. The highest BCUT2D eigenvalue weighted by atomic mass is 16.5. The van der Waals surface area contributed by atoms with Gasteiger partial charge in [-0.15, -0.1) is 0 Å². The van der Waals surface area contributed by atoms with Crippen molar-refractivity contribution in [2.45, 2.75) is 17.8 Å². The van der Waals surface area contributed by atoms with Gasteiger partial charge in [0.25, 0.3) is 11.8 Å². The molecular weight excluding hydrogens is 352 g/mol. The standard InChI is InChI=1S/C18H20N4O5/c23-15-14(8-20-17(25)13-6-7-19-11-22-13)27-10-18(15,26)9-21-16(24)12-4-2-1-3-5-12/h1-7,11,14-15,23,26H,8-10H2,(H,20,25)(H,21,24)/t14-,15-,18+/m1/s1. The summed E-state index contributed by atoms with van der Waals surface area (Å²) in [6.07, 6.45) is 0.606. The van der Waals surface area contributed by atoms with Gasteiger partial charge in [-0.2, -0.15) is 0 Å². The van der Waals surface area contributed by atoms with E-state index < -0.39 is 23.7 Å². The third-order valence-corrected chi connectivity index (χ3v) is 4.32. The molecule has 27 heavy (non-hydrogen) atoms. The molecule has 3 rings (SSSR count). The fraction of sp³-hybridized carbons (Fsp3) is 0.333. The van der Waals surface area contributed by atoms with E-state index in [1.165, 1.54) is 18.6 Å². The Morgan fingerprint density at radius 1 is 1.19 bits per heavy atom. The summed E-state index contributed by atoms with van der Waals surface area (Å²) in [5.74, 6) is -0.808. The number of amides is 2. The second-order valence-corrected chi connectivity index (χ2v) is 6.25. The van der Waals surface area contributed by atoms with Crippen LogP contribution in [0.3, 0.4) is 0 Å². The maximum Gasteiger partial charge on any atom is 0.270 e. The van der Waals surface area contributed by atoms with Crippen molar-refractivity contribution in [3.05, 3.63) is 60.2 Å². The first-order valence-electron chi connectivity index (χ1n) is 8.39. The summed E-state index contributed by atoms with van der Waals surface area (Å²) in [5, 5.41) is 26.1. The van der Waals surface area contributed by atoms with Crippen LogP contribution < -0.4 is 10.6 Å². The summed E-state index contributed by atoms with van der Waals surface area (Å²) < 4.78 is 5.41. The Labute approximate surface area is 155 Å². The smallest absolute Gasteiger partial charge is 0.270 e. The van der Waals surface area contributed by atoms with Crippen molar-refractivity contribution in [2.24, 2.45) is 0 Å². The van der Waals surface area contributed by atoms with Gasteiger partial charge < -0.3 is 25.6 Å². The second kappa shape index (κ2) is 8.21. The van der Waals surface area contributed by atoms with E-state index in [4.69, 9.17) is 4.74 Å². The lowest BCUT2D eigenvalue weighted by atomic mass is 9.96. The third-order valence-electron chi connectivity index (χ3n) is 4.32.